The van der Waals surface area contributed by atoms with Crippen LogP contribution in [0, 0.1) is 28.6 Å². The van der Waals surface area contributed by atoms with Crippen molar-refractivity contribution in [2.45, 2.75) is 70.2 Å². The number of ether oxygens (including phenoxy) is 4. The second kappa shape index (κ2) is 5.78. The van der Waals surface area contributed by atoms with Crippen LogP contribution in [-0.4, -0.2) is 43.1 Å². The maximum atomic E-state index is 13.8. The molecule has 6 heteroatoms. The molecule has 0 N–H and O–H groups in total. The number of hydrogen-bond acceptors (Lipinski definition) is 6. The molecule has 6 nitrogen and oxygen atoms in total. The van der Waals surface area contributed by atoms with Gasteiger partial charge in [-0.05, 0) is 55.4 Å². The van der Waals surface area contributed by atoms with Crippen molar-refractivity contribution < 1.29 is 28.5 Å². The van der Waals surface area contributed by atoms with Gasteiger partial charge in [0.1, 0.15) is 18.0 Å². The average molecular weight is 402 g/mol. The molecule has 6 rings (SSSR count). The van der Waals surface area contributed by atoms with E-state index in [0.29, 0.717) is 37.1 Å². The summed E-state index contributed by atoms with van der Waals surface area (Å²) < 4.78 is 24.0. The van der Waals surface area contributed by atoms with Crippen molar-refractivity contribution >= 4 is 11.6 Å². The predicted molar refractivity (Wildman–Crippen MR) is 102 cm³/mol. The highest BCUT2D eigenvalue weighted by Gasteiger charge is 2.76. The molecule has 0 aromatic rings. The lowest BCUT2D eigenvalue weighted by Gasteiger charge is -2.59. The first-order chi connectivity index (χ1) is 13.9. The summed E-state index contributed by atoms with van der Waals surface area (Å²) in [5.41, 5.74) is 0.103. The molecule has 2 saturated heterocycles. The fraction of sp³-hybridized carbons (Fsp3) is 0.826. The van der Waals surface area contributed by atoms with Gasteiger partial charge in [0.15, 0.2) is 19.4 Å². The van der Waals surface area contributed by atoms with Crippen molar-refractivity contribution in [1.82, 2.24) is 0 Å². The third kappa shape index (κ3) is 2.07. The Morgan fingerprint density at radius 1 is 1.00 bits per heavy atom. The molecule has 158 valence electrons. The quantitative estimate of drug-likeness (QED) is 0.620. The van der Waals surface area contributed by atoms with Gasteiger partial charge >= 0.3 is 0 Å². The van der Waals surface area contributed by atoms with E-state index in [-0.39, 0.29) is 36.1 Å². The molecule has 0 unspecified atom stereocenters. The lowest BCUT2D eigenvalue weighted by atomic mass is 9.45. The molecule has 7 atom stereocenters. The Balaban J connectivity index is 1.42. The molecular weight excluding hydrogens is 372 g/mol. The zero-order chi connectivity index (χ0) is 20.1. The van der Waals surface area contributed by atoms with Crippen LogP contribution < -0.4 is 0 Å². The van der Waals surface area contributed by atoms with E-state index >= 15 is 0 Å². The molecule has 2 heterocycles. The van der Waals surface area contributed by atoms with E-state index < -0.39 is 11.4 Å². The zero-order valence-corrected chi connectivity index (χ0v) is 17.3. The summed E-state index contributed by atoms with van der Waals surface area (Å²) in [6.45, 7) is 5.24. The highest BCUT2D eigenvalue weighted by atomic mass is 16.9. The van der Waals surface area contributed by atoms with Crippen molar-refractivity contribution in [2.75, 3.05) is 20.2 Å². The van der Waals surface area contributed by atoms with E-state index in [1.54, 1.807) is 0 Å². The Hall–Kier alpha value is -1.08. The summed E-state index contributed by atoms with van der Waals surface area (Å²) in [6, 6.07) is 0. The number of hydrogen-bond donors (Lipinski definition) is 0. The molecule has 0 radical (unpaired) electrons. The van der Waals surface area contributed by atoms with Crippen molar-refractivity contribution in [2.24, 2.45) is 28.6 Å². The Bertz CT molecular complexity index is 807. The Morgan fingerprint density at radius 3 is 2.62 bits per heavy atom. The summed E-state index contributed by atoms with van der Waals surface area (Å²) >= 11 is 0. The van der Waals surface area contributed by atoms with Crippen LogP contribution in [0.15, 0.2) is 11.6 Å². The molecule has 2 aliphatic heterocycles. The number of fused-ring (bicyclic) bond motifs is 7. The molecule has 29 heavy (non-hydrogen) atoms. The second-order valence-corrected chi connectivity index (χ2v) is 10.5. The van der Waals surface area contributed by atoms with E-state index in [1.165, 1.54) is 5.57 Å². The number of allylic oxidation sites excluding steroid dienone is 1. The van der Waals surface area contributed by atoms with Gasteiger partial charge in [0.2, 0.25) is 5.79 Å². The van der Waals surface area contributed by atoms with Crippen LogP contribution in [0.5, 0.6) is 0 Å². The van der Waals surface area contributed by atoms with E-state index in [9.17, 15) is 9.59 Å². The van der Waals surface area contributed by atoms with Crippen LogP contribution in [0.4, 0.5) is 0 Å². The van der Waals surface area contributed by atoms with Crippen molar-refractivity contribution in [3.05, 3.63) is 11.6 Å². The normalized spacial score (nSPS) is 53.9. The summed E-state index contributed by atoms with van der Waals surface area (Å²) in [6.07, 6.45) is 7.48. The topological polar surface area (TPSA) is 71.1 Å². The molecule has 0 bridgehead atoms. The van der Waals surface area contributed by atoms with Gasteiger partial charge in [0.05, 0.1) is 0 Å². The van der Waals surface area contributed by atoms with Gasteiger partial charge in [-0.3, -0.25) is 9.59 Å². The number of carbonyl (C=O) groups excluding carboxylic acids is 2. The molecule has 6 aliphatic rings. The minimum absolute atomic E-state index is 0.0165. The SMILES string of the molecule is C[C@]12CCC(=O)C=C1CC[C@@H]1[C@@H]2C(=O)C[C@]2(C)[C@H]1CC[C@@]21OCO[C@]12COCO2. The highest BCUT2D eigenvalue weighted by molar-refractivity contribution is 5.93. The van der Waals surface area contributed by atoms with Crippen LogP contribution in [0.25, 0.3) is 0 Å². The maximum absolute atomic E-state index is 13.8. The summed E-state index contributed by atoms with van der Waals surface area (Å²) in [4.78, 5) is 25.8. The van der Waals surface area contributed by atoms with E-state index in [1.807, 2.05) is 6.08 Å². The fourth-order valence-electron chi connectivity index (χ4n) is 8.36. The van der Waals surface area contributed by atoms with Gasteiger partial charge in [-0.1, -0.05) is 19.4 Å². The molecule has 0 amide bonds. The van der Waals surface area contributed by atoms with Gasteiger partial charge in [0, 0.05) is 24.2 Å². The van der Waals surface area contributed by atoms with E-state index in [4.69, 9.17) is 18.9 Å². The molecule has 3 saturated carbocycles. The largest absolute Gasteiger partial charge is 0.350 e. The van der Waals surface area contributed by atoms with Crippen LogP contribution in [0.1, 0.15) is 58.8 Å². The molecular formula is C23H30O6. The third-order valence-corrected chi connectivity index (χ3v) is 9.65. The Morgan fingerprint density at radius 2 is 1.83 bits per heavy atom. The van der Waals surface area contributed by atoms with Crippen LogP contribution in [0.2, 0.25) is 0 Å². The highest BCUT2D eigenvalue weighted by Crippen LogP contribution is 2.70. The maximum Gasteiger partial charge on any atom is 0.226 e. The van der Waals surface area contributed by atoms with Gasteiger partial charge in [-0.25, -0.2) is 0 Å². The van der Waals surface area contributed by atoms with Crippen molar-refractivity contribution in [3.63, 3.8) is 0 Å². The molecule has 4 aliphatic carbocycles. The van der Waals surface area contributed by atoms with E-state index in [0.717, 1.165) is 32.1 Å². The lowest BCUT2D eigenvalue weighted by molar-refractivity contribution is -0.246. The molecule has 0 aromatic heterocycles. The Labute approximate surface area is 171 Å². The summed E-state index contributed by atoms with van der Waals surface area (Å²) in [5.74, 6) is 0.416. The fourth-order valence-corrected chi connectivity index (χ4v) is 8.36. The summed E-state index contributed by atoms with van der Waals surface area (Å²) in [7, 11) is 0. The van der Waals surface area contributed by atoms with Crippen LogP contribution in [-0.2, 0) is 28.5 Å². The van der Waals surface area contributed by atoms with Crippen molar-refractivity contribution in [1.29, 1.82) is 0 Å². The minimum atomic E-state index is -0.884. The first-order valence-electron chi connectivity index (χ1n) is 11.1. The van der Waals surface area contributed by atoms with Crippen LogP contribution >= 0.6 is 0 Å². The minimum Gasteiger partial charge on any atom is -0.350 e. The molecule has 5 fully saturated rings. The van der Waals surface area contributed by atoms with Gasteiger partial charge in [0.25, 0.3) is 0 Å². The van der Waals surface area contributed by atoms with Crippen molar-refractivity contribution in [3.8, 4) is 0 Å². The number of carbonyl (C=O) groups is 2. The lowest BCUT2D eigenvalue weighted by Crippen LogP contribution is -2.65. The number of Topliss-reactive ketones (excluding diaryl/α,β-unsaturated/α-hetero) is 1. The van der Waals surface area contributed by atoms with Crippen LogP contribution in [0.3, 0.4) is 0 Å². The first kappa shape index (κ1) is 18.7. The zero-order valence-electron chi connectivity index (χ0n) is 17.3. The smallest absolute Gasteiger partial charge is 0.226 e. The van der Waals surface area contributed by atoms with E-state index in [2.05, 4.69) is 13.8 Å². The average Bonchev–Trinajstić information content (AvgIpc) is 3.37. The number of rotatable bonds is 0. The van der Waals surface area contributed by atoms with Gasteiger partial charge < -0.3 is 18.9 Å². The number of ketones is 2. The molecule has 0 aromatic carbocycles. The van der Waals surface area contributed by atoms with Gasteiger partial charge in [-0.2, -0.15) is 0 Å². The monoisotopic (exact) mass is 402 g/mol. The van der Waals surface area contributed by atoms with Gasteiger partial charge in [-0.15, -0.1) is 0 Å². The summed E-state index contributed by atoms with van der Waals surface area (Å²) in [5, 5.41) is 0. The standard InChI is InChI=1S/C23H30O6/c1-20-7-5-15(24)9-14(20)3-4-16-17-6-8-22(21(17,2)10-18(25)19(16)20)23(29-13-27-22)11-26-12-28-23/h9,16-17,19H,3-8,10-13H2,1-2H3/t16-,17-,19+,20-,21+,22+,23+/m0/s1. The first-order valence-corrected chi connectivity index (χ1v) is 11.1. The Kier molecular flexibility index (Phi) is 3.72. The molecule has 2 spiro atoms. The second-order valence-electron chi connectivity index (χ2n) is 10.5. The predicted octanol–water partition coefficient (Wildman–Crippen LogP) is 3.14. The third-order valence-electron chi connectivity index (χ3n) is 9.65.